The van der Waals surface area contributed by atoms with Crippen molar-refractivity contribution in [2.24, 2.45) is 0 Å². The molecule has 2 aromatic carbocycles. The second-order valence-electron chi connectivity index (χ2n) is 5.90. The summed E-state index contributed by atoms with van der Waals surface area (Å²) >= 11 is 1.63. The topological polar surface area (TPSA) is 78.5 Å². The fraction of sp³-hybridized carbons (Fsp3) is 0.278. The highest BCUT2D eigenvalue weighted by atomic mass is 32.2. The smallest absolute Gasteiger partial charge is 0.246 e. The molecule has 0 unspecified atom stereocenters. The average Bonchev–Trinajstić information content (AvgIpc) is 2.61. The van der Waals surface area contributed by atoms with E-state index in [9.17, 15) is 13.2 Å². The molecule has 1 amide bonds. The van der Waals surface area contributed by atoms with E-state index in [2.05, 4.69) is 10.6 Å². The van der Waals surface area contributed by atoms with Gasteiger partial charge in [0, 0.05) is 30.4 Å². The first-order valence-corrected chi connectivity index (χ1v) is 10.6. The minimum Gasteiger partial charge on any atom is -0.374 e. The predicted molar refractivity (Wildman–Crippen MR) is 107 cm³/mol. The Balaban J connectivity index is 2.09. The second kappa shape index (κ2) is 8.57. The summed E-state index contributed by atoms with van der Waals surface area (Å²) in [7, 11) is -0.613. The molecule has 2 rings (SSSR count). The Bertz CT molecular complexity index is 883. The fourth-order valence-electron chi connectivity index (χ4n) is 2.22. The molecule has 2 N–H and O–H groups in total. The minimum atomic E-state index is -3.55. The van der Waals surface area contributed by atoms with E-state index in [0.717, 1.165) is 14.9 Å². The summed E-state index contributed by atoms with van der Waals surface area (Å²) in [6.07, 6.45) is 1.99. The van der Waals surface area contributed by atoms with Crippen LogP contribution < -0.4 is 10.6 Å². The molecule has 0 aromatic heterocycles. The van der Waals surface area contributed by atoms with Crippen LogP contribution in [0.2, 0.25) is 0 Å². The largest absolute Gasteiger partial charge is 0.374 e. The number of sulfonamides is 1. The molecule has 0 radical (unpaired) electrons. The van der Waals surface area contributed by atoms with Gasteiger partial charge >= 0.3 is 0 Å². The molecule has 6 nitrogen and oxygen atoms in total. The molecule has 0 aliphatic heterocycles. The van der Waals surface area contributed by atoms with Crippen molar-refractivity contribution in [1.82, 2.24) is 4.31 Å². The number of nitrogens with zero attached hydrogens (tertiary/aromatic N) is 1. The summed E-state index contributed by atoms with van der Waals surface area (Å²) in [6, 6.07) is 13.5. The predicted octanol–water partition coefficient (Wildman–Crippen LogP) is 3.10. The zero-order valence-corrected chi connectivity index (χ0v) is 16.8. The molecule has 140 valence electrons. The molecule has 0 saturated heterocycles. The fourth-order valence-corrected chi connectivity index (χ4v) is 3.63. The molecule has 0 spiro atoms. The second-order valence-corrected chi connectivity index (χ2v) is 8.93. The number of carbonyl (C=O) groups excluding carboxylic acids is 1. The van der Waals surface area contributed by atoms with Crippen molar-refractivity contribution in [2.75, 3.05) is 31.0 Å². The highest BCUT2D eigenvalue weighted by Gasteiger charge is 2.18. The van der Waals surface area contributed by atoms with Crippen LogP contribution in [0.3, 0.4) is 0 Å². The van der Waals surface area contributed by atoms with Gasteiger partial charge in [0.15, 0.2) is 0 Å². The first kappa shape index (κ1) is 20.3. The van der Waals surface area contributed by atoms with Gasteiger partial charge in [0.1, 0.15) is 6.04 Å². The first-order valence-electron chi connectivity index (χ1n) is 7.98. The van der Waals surface area contributed by atoms with E-state index in [1.807, 2.05) is 30.5 Å². The third-order valence-electron chi connectivity index (χ3n) is 3.73. The summed E-state index contributed by atoms with van der Waals surface area (Å²) in [4.78, 5) is 13.7. The SMILES string of the molecule is CSc1cccc(N[C@@H](C)C(=O)Nc2cccc(S(=O)(=O)N(C)C)c2)c1. The molecular weight excluding hydrogens is 370 g/mol. The Morgan fingerprint density at radius 2 is 1.73 bits per heavy atom. The van der Waals surface area contributed by atoms with Crippen molar-refractivity contribution in [2.45, 2.75) is 22.8 Å². The average molecular weight is 394 g/mol. The molecule has 1 atom stereocenters. The van der Waals surface area contributed by atoms with E-state index in [1.54, 1.807) is 30.8 Å². The Morgan fingerprint density at radius 3 is 2.38 bits per heavy atom. The van der Waals surface area contributed by atoms with Crippen LogP contribution in [0.5, 0.6) is 0 Å². The summed E-state index contributed by atoms with van der Waals surface area (Å²) in [5.41, 5.74) is 1.29. The summed E-state index contributed by atoms with van der Waals surface area (Å²) in [5, 5.41) is 5.90. The number of carbonyl (C=O) groups is 1. The molecule has 0 heterocycles. The van der Waals surface area contributed by atoms with Crippen LogP contribution in [0.15, 0.2) is 58.3 Å². The maximum absolute atomic E-state index is 12.4. The zero-order valence-electron chi connectivity index (χ0n) is 15.2. The number of hydrogen-bond donors (Lipinski definition) is 2. The third kappa shape index (κ3) is 5.00. The highest BCUT2D eigenvalue weighted by molar-refractivity contribution is 7.98. The molecule has 0 bridgehead atoms. The van der Waals surface area contributed by atoms with Crippen LogP contribution in [0, 0.1) is 0 Å². The molecule has 0 fully saturated rings. The van der Waals surface area contributed by atoms with E-state index < -0.39 is 16.1 Å². The molecule has 2 aromatic rings. The van der Waals surface area contributed by atoms with E-state index in [0.29, 0.717) is 5.69 Å². The Labute approximate surface area is 159 Å². The van der Waals surface area contributed by atoms with Gasteiger partial charge in [-0.25, -0.2) is 12.7 Å². The van der Waals surface area contributed by atoms with Gasteiger partial charge < -0.3 is 10.6 Å². The zero-order chi connectivity index (χ0) is 19.3. The lowest BCUT2D eigenvalue weighted by atomic mass is 10.2. The highest BCUT2D eigenvalue weighted by Crippen LogP contribution is 2.21. The van der Waals surface area contributed by atoms with Crippen LogP contribution >= 0.6 is 11.8 Å². The summed E-state index contributed by atoms with van der Waals surface area (Å²) in [6.45, 7) is 1.75. The standard InChI is InChI=1S/C18H23N3O3S2/c1-13(19-14-7-5-9-16(11-14)25-4)18(22)20-15-8-6-10-17(12-15)26(23,24)21(2)3/h5-13,19H,1-4H3,(H,20,22)/t13-/m0/s1. The summed E-state index contributed by atoms with van der Waals surface area (Å²) in [5.74, 6) is -0.251. The van der Waals surface area contributed by atoms with Gasteiger partial charge in [-0.05, 0) is 49.6 Å². The normalized spacial score (nSPS) is 12.7. The Morgan fingerprint density at radius 1 is 1.08 bits per heavy atom. The molecular formula is C18H23N3O3S2. The number of thioether (sulfide) groups is 1. The van der Waals surface area contributed by atoms with Gasteiger partial charge in [-0.3, -0.25) is 4.79 Å². The lowest BCUT2D eigenvalue weighted by Crippen LogP contribution is -2.32. The van der Waals surface area contributed by atoms with Crippen molar-refractivity contribution in [3.63, 3.8) is 0 Å². The first-order chi connectivity index (χ1) is 12.2. The summed E-state index contributed by atoms with van der Waals surface area (Å²) < 4.78 is 25.5. The molecule has 0 saturated carbocycles. The number of anilines is 2. The molecule has 26 heavy (non-hydrogen) atoms. The maximum Gasteiger partial charge on any atom is 0.246 e. The van der Waals surface area contributed by atoms with Crippen LogP contribution in [0.4, 0.5) is 11.4 Å². The molecule has 0 aliphatic rings. The van der Waals surface area contributed by atoms with Crippen LogP contribution in [0.1, 0.15) is 6.92 Å². The minimum absolute atomic E-state index is 0.133. The number of rotatable bonds is 7. The number of amides is 1. The van der Waals surface area contributed by atoms with Gasteiger partial charge in [-0.15, -0.1) is 11.8 Å². The molecule has 8 heteroatoms. The quantitative estimate of drug-likeness (QED) is 0.707. The van der Waals surface area contributed by atoms with Gasteiger partial charge in [0.25, 0.3) is 0 Å². The van der Waals surface area contributed by atoms with Crippen molar-refractivity contribution in [3.8, 4) is 0 Å². The lowest BCUT2D eigenvalue weighted by molar-refractivity contribution is -0.116. The number of nitrogens with one attached hydrogen (secondary N) is 2. The lowest BCUT2D eigenvalue weighted by Gasteiger charge is -2.17. The van der Waals surface area contributed by atoms with Crippen molar-refractivity contribution in [1.29, 1.82) is 0 Å². The number of benzene rings is 2. The van der Waals surface area contributed by atoms with Crippen LogP contribution in [-0.2, 0) is 14.8 Å². The van der Waals surface area contributed by atoms with E-state index in [4.69, 9.17) is 0 Å². The number of hydrogen-bond acceptors (Lipinski definition) is 5. The van der Waals surface area contributed by atoms with E-state index in [1.165, 1.54) is 26.2 Å². The monoisotopic (exact) mass is 393 g/mol. The van der Waals surface area contributed by atoms with E-state index >= 15 is 0 Å². The van der Waals surface area contributed by atoms with Crippen molar-refractivity contribution in [3.05, 3.63) is 48.5 Å². The third-order valence-corrected chi connectivity index (χ3v) is 6.26. The van der Waals surface area contributed by atoms with E-state index in [-0.39, 0.29) is 10.8 Å². The van der Waals surface area contributed by atoms with Crippen LogP contribution in [-0.4, -0.2) is 45.0 Å². The molecule has 0 aliphatic carbocycles. The maximum atomic E-state index is 12.4. The Kier molecular flexibility index (Phi) is 6.69. The van der Waals surface area contributed by atoms with Gasteiger partial charge in [-0.1, -0.05) is 12.1 Å². The Hall–Kier alpha value is -2.03. The van der Waals surface area contributed by atoms with Crippen molar-refractivity contribution < 1.29 is 13.2 Å². The van der Waals surface area contributed by atoms with Gasteiger partial charge in [0.2, 0.25) is 15.9 Å². The van der Waals surface area contributed by atoms with Gasteiger partial charge in [0.05, 0.1) is 4.90 Å². The van der Waals surface area contributed by atoms with Crippen LogP contribution in [0.25, 0.3) is 0 Å². The van der Waals surface area contributed by atoms with Crippen molar-refractivity contribution >= 4 is 39.1 Å². The van der Waals surface area contributed by atoms with Gasteiger partial charge in [-0.2, -0.15) is 0 Å².